The lowest BCUT2D eigenvalue weighted by Crippen LogP contribution is -2.56. The highest BCUT2D eigenvalue weighted by Crippen LogP contribution is 2.17. The molecule has 0 unspecified atom stereocenters. The number of nitrogens with one attached hydrogen (secondary N) is 3. The number of ether oxygens (including phenoxy) is 1. The summed E-state index contributed by atoms with van der Waals surface area (Å²) in [6.45, 7) is 5.98. The van der Waals surface area contributed by atoms with Crippen LogP contribution in [-0.2, 0) is 27.3 Å². The molecule has 2 amide bonds. The standard InChI is InChI=1S/C21H31N3O3/c1-3-14(2)19(21(26)23-13-17-9-6-10-27-17)24-20(25)18-11-15-7-4-5-8-16(15)12-22-18/h4-5,7-8,14,17-19,22H,3,6,9-13H2,1-2H3,(H,23,26)(H,24,25)/t14-,17+,18+,19+/m1/s1. The summed E-state index contributed by atoms with van der Waals surface area (Å²) < 4.78 is 5.57. The summed E-state index contributed by atoms with van der Waals surface area (Å²) in [4.78, 5) is 25.5. The summed E-state index contributed by atoms with van der Waals surface area (Å²) in [7, 11) is 0. The Morgan fingerprint density at radius 1 is 1.30 bits per heavy atom. The molecule has 0 aliphatic carbocycles. The molecular weight excluding hydrogens is 342 g/mol. The summed E-state index contributed by atoms with van der Waals surface area (Å²) in [5, 5.41) is 9.24. The van der Waals surface area contributed by atoms with E-state index in [0.29, 0.717) is 19.5 Å². The molecule has 2 heterocycles. The molecule has 148 valence electrons. The van der Waals surface area contributed by atoms with Gasteiger partial charge >= 0.3 is 0 Å². The van der Waals surface area contributed by atoms with Crippen molar-refractivity contribution in [1.82, 2.24) is 16.0 Å². The molecule has 2 aliphatic rings. The van der Waals surface area contributed by atoms with Crippen molar-refractivity contribution in [2.24, 2.45) is 5.92 Å². The first-order chi connectivity index (χ1) is 13.1. The van der Waals surface area contributed by atoms with Crippen molar-refractivity contribution in [2.75, 3.05) is 13.2 Å². The third-order valence-corrected chi connectivity index (χ3v) is 5.72. The molecule has 4 atom stereocenters. The first-order valence-electron chi connectivity index (χ1n) is 10.1. The zero-order valence-electron chi connectivity index (χ0n) is 16.3. The minimum atomic E-state index is -0.525. The van der Waals surface area contributed by atoms with Crippen LogP contribution in [0.5, 0.6) is 0 Å². The molecule has 0 spiro atoms. The normalized spacial score (nSPS) is 23.9. The van der Waals surface area contributed by atoms with E-state index in [4.69, 9.17) is 4.74 Å². The first kappa shape index (κ1) is 19.8. The van der Waals surface area contributed by atoms with Gasteiger partial charge in [0.25, 0.3) is 0 Å². The minimum Gasteiger partial charge on any atom is -0.376 e. The van der Waals surface area contributed by atoms with Gasteiger partial charge in [-0.05, 0) is 36.3 Å². The fourth-order valence-electron chi connectivity index (χ4n) is 3.73. The summed E-state index contributed by atoms with van der Waals surface area (Å²) in [5.74, 6) is -0.166. The lowest BCUT2D eigenvalue weighted by atomic mass is 9.94. The van der Waals surface area contributed by atoms with E-state index in [1.165, 1.54) is 11.1 Å². The van der Waals surface area contributed by atoms with Gasteiger partial charge in [-0.15, -0.1) is 0 Å². The van der Waals surface area contributed by atoms with E-state index in [0.717, 1.165) is 25.9 Å². The fourth-order valence-corrected chi connectivity index (χ4v) is 3.73. The van der Waals surface area contributed by atoms with Crippen LogP contribution in [0, 0.1) is 5.92 Å². The Kier molecular flexibility index (Phi) is 6.85. The average Bonchev–Trinajstić information content (AvgIpc) is 3.22. The van der Waals surface area contributed by atoms with Crippen LogP contribution in [0.2, 0.25) is 0 Å². The Hall–Kier alpha value is -1.92. The number of amides is 2. The molecule has 27 heavy (non-hydrogen) atoms. The number of carbonyl (C=O) groups is 2. The van der Waals surface area contributed by atoms with Crippen LogP contribution < -0.4 is 16.0 Å². The molecule has 2 aliphatic heterocycles. The predicted octanol–water partition coefficient (Wildman–Crippen LogP) is 1.53. The smallest absolute Gasteiger partial charge is 0.242 e. The van der Waals surface area contributed by atoms with Crippen molar-refractivity contribution in [3.05, 3.63) is 35.4 Å². The molecule has 1 saturated heterocycles. The molecule has 3 rings (SSSR count). The second-order valence-electron chi connectivity index (χ2n) is 7.66. The zero-order chi connectivity index (χ0) is 19.2. The van der Waals surface area contributed by atoms with Gasteiger partial charge in [0, 0.05) is 19.7 Å². The van der Waals surface area contributed by atoms with Crippen molar-refractivity contribution < 1.29 is 14.3 Å². The topological polar surface area (TPSA) is 79.5 Å². The highest BCUT2D eigenvalue weighted by molar-refractivity contribution is 5.90. The van der Waals surface area contributed by atoms with E-state index in [2.05, 4.69) is 28.1 Å². The van der Waals surface area contributed by atoms with Crippen LogP contribution in [0.4, 0.5) is 0 Å². The van der Waals surface area contributed by atoms with Crippen LogP contribution in [0.15, 0.2) is 24.3 Å². The van der Waals surface area contributed by atoms with Gasteiger partial charge in [0.1, 0.15) is 6.04 Å². The number of hydrogen-bond acceptors (Lipinski definition) is 4. The maximum absolute atomic E-state index is 12.8. The Morgan fingerprint density at radius 2 is 2.07 bits per heavy atom. The molecule has 1 aromatic carbocycles. The van der Waals surface area contributed by atoms with Gasteiger partial charge in [-0.1, -0.05) is 44.5 Å². The SMILES string of the molecule is CC[C@@H](C)[C@H](NC(=O)[C@@H]1Cc2ccccc2CN1)C(=O)NC[C@@H]1CCCO1. The van der Waals surface area contributed by atoms with Gasteiger partial charge in [0.2, 0.25) is 11.8 Å². The molecule has 3 N–H and O–H groups in total. The minimum absolute atomic E-state index is 0.0642. The van der Waals surface area contributed by atoms with Gasteiger partial charge in [0.05, 0.1) is 12.1 Å². The van der Waals surface area contributed by atoms with Gasteiger partial charge in [-0.25, -0.2) is 0 Å². The predicted molar refractivity (Wildman–Crippen MR) is 104 cm³/mol. The second kappa shape index (κ2) is 9.33. The zero-order valence-corrected chi connectivity index (χ0v) is 16.3. The van der Waals surface area contributed by atoms with E-state index in [1.54, 1.807) is 0 Å². The van der Waals surface area contributed by atoms with Crippen molar-refractivity contribution in [1.29, 1.82) is 0 Å². The lowest BCUT2D eigenvalue weighted by Gasteiger charge is -2.29. The summed E-state index contributed by atoms with van der Waals surface area (Å²) in [5.41, 5.74) is 2.42. The first-order valence-corrected chi connectivity index (χ1v) is 10.1. The third-order valence-electron chi connectivity index (χ3n) is 5.72. The van der Waals surface area contributed by atoms with Gasteiger partial charge < -0.3 is 20.7 Å². The molecule has 6 heteroatoms. The van der Waals surface area contributed by atoms with E-state index in [9.17, 15) is 9.59 Å². The van der Waals surface area contributed by atoms with Crippen LogP contribution in [0.3, 0.4) is 0 Å². The van der Waals surface area contributed by atoms with Crippen LogP contribution >= 0.6 is 0 Å². The number of benzene rings is 1. The molecular formula is C21H31N3O3. The van der Waals surface area contributed by atoms with E-state index < -0.39 is 6.04 Å². The molecule has 1 aromatic rings. The molecule has 1 fully saturated rings. The van der Waals surface area contributed by atoms with Crippen molar-refractivity contribution in [3.63, 3.8) is 0 Å². The van der Waals surface area contributed by atoms with Crippen LogP contribution in [0.25, 0.3) is 0 Å². The van der Waals surface area contributed by atoms with Crippen molar-refractivity contribution in [2.45, 2.75) is 64.3 Å². The third kappa shape index (κ3) is 5.08. The van der Waals surface area contributed by atoms with E-state index >= 15 is 0 Å². The van der Waals surface area contributed by atoms with Gasteiger partial charge in [-0.3, -0.25) is 9.59 Å². The van der Waals surface area contributed by atoms with Crippen LogP contribution in [0.1, 0.15) is 44.2 Å². The summed E-state index contributed by atoms with van der Waals surface area (Å²) in [6.07, 6.45) is 3.58. The second-order valence-corrected chi connectivity index (χ2v) is 7.66. The number of hydrogen-bond donors (Lipinski definition) is 3. The summed E-state index contributed by atoms with van der Waals surface area (Å²) >= 11 is 0. The maximum Gasteiger partial charge on any atom is 0.242 e. The Labute approximate surface area is 161 Å². The maximum atomic E-state index is 12.8. The van der Waals surface area contributed by atoms with Gasteiger partial charge in [-0.2, -0.15) is 0 Å². The van der Waals surface area contributed by atoms with Crippen molar-refractivity contribution in [3.8, 4) is 0 Å². The van der Waals surface area contributed by atoms with E-state index in [1.807, 2.05) is 26.0 Å². The van der Waals surface area contributed by atoms with Crippen LogP contribution in [-0.4, -0.2) is 43.2 Å². The number of carbonyl (C=O) groups excluding carboxylic acids is 2. The highest BCUT2D eigenvalue weighted by Gasteiger charge is 2.31. The lowest BCUT2D eigenvalue weighted by molar-refractivity contribution is -0.131. The monoisotopic (exact) mass is 373 g/mol. The summed E-state index contributed by atoms with van der Waals surface area (Å²) in [6, 6.07) is 7.33. The highest BCUT2D eigenvalue weighted by atomic mass is 16.5. The molecule has 6 nitrogen and oxygen atoms in total. The van der Waals surface area contributed by atoms with Crippen molar-refractivity contribution >= 4 is 11.8 Å². The largest absolute Gasteiger partial charge is 0.376 e. The Morgan fingerprint density at radius 3 is 2.78 bits per heavy atom. The Balaban J connectivity index is 1.58. The Bertz CT molecular complexity index is 658. The quantitative estimate of drug-likeness (QED) is 0.677. The molecule has 0 aromatic heterocycles. The average molecular weight is 373 g/mol. The number of fused-ring (bicyclic) bond motifs is 1. The van der Waals surface area contributed by atoms with E-state index in [-0.39, 0.29) is 29.9 Å². The molecule has 0 bridgehead atoms. The fraction of sp³-hybridized carbons (Fsp3) is 0.619. The molecule has 0 saturated carbocycles. The number of rotatable bonds is 7. The van der Waals surface area contributed by atoms with Gasteiger partial charge in [0.15, 0.2) is 0 Å². The molecule has 0 radical (unpaired) electrons.